The molecular formula is C29H30N2O6. The lowest BCUT2D eigenvalue weighted by atomic mass is 9.94. The summed E-state index contributed by atoms with van der Waals surface area (Å²) in [5.41, 5.74) is 1.67. The second-order valence-electron chi connectivity index (χ2n) is 9.13. The fourth-order valence-corrected chi connectivity index (χ4v) is 4.23. The van der Waals surface area contributed by atoms with Crippen molar-refractivity contribution in [3.8, 4) is 17.2 Å². The number of aromatic nitrogens is 1. The minimum atomic E-state index is -0.891. The molecule has 0 spiro atoms. The van der Waals surface area contributed by atoms with Crippen molar-refractivity contribution in [2.45, 2.75) is 26.4 Å². The van der Waals surface area contributed by atoms with Crippen LogP contribution in [0.1, 0.15) is 36.6 Å². The standard InChI is InChI=1S/C29H30N2O6/c1-18(2)17-37-21-9-7-20(8-10-21)27(32)25-26(23-12-11-22(35-3)14-24(23)36-4)31(29(34)28(25)33)16-19-6-5-13-30-15-19/h5-15,18,26,32H,16-17H2,1-4H3/t26-/m0/s1. The van der Waals surface area contributed by atoms with Crippen molar-refractivity contribution < 1.29 is 28.9 Å². The topological polar surface area (TPSA) is 98.2 Å². The van der Waals surface area contributed by atoms with Gasteiger partial charge in [-0.3, -0.25) is 14.6 Å². The molecule has 1 saturated heterocycles. The van der Waals surface area contributed by atoms with E-state index in [4.69, 9.17) is 14.2 Å². The average Bonchev–Trinajstić information content (AvgIpc) is 3.16. The molecule has 1 aromatic heterocycles. The number of benzene rings is 2. The van der Waals surface area contributed by atoms with Crippen molar-refractivity contribution >= 4 is 17.4 Å². The number of Topliss-reactive ketones (excluding diaryl/α,β-unsaturated/α-hetero) is 1. The maximum atomic E-state index is 13.4. The quantitative estimate of drug-likeness (QED) is 0.256. The van der Waals surface area contributed by atoms with Gasteiger partial charge in [0.15, 0.2) is 0 Å². The number of nitrogens with zero attached hydrogens (tertiary/aromatic N) is 2. The summed E-state index contributed by atoms with van der Waals surface area (Å²) in [5.74, 6) is 0.228. The van der Waals surface area contributed by atoms with Crippen molar-refractivity contribution in [3.05, 3.63) is 89.3 Å². The molecule has 1 N–H and O–H groups in total. The Morgan fingerprint density at radius 3 is 2.38 bits per heavy atom. The Labute approximate surface area is 216 Å². The number of aliphatic hydroxyl groups is 1. The Hall–Kier alpha value is -4.33. The van der Waals surface area contributed by atoms with Gasteiger partial charge in [0.25, 0.3) is 11.7 Å². The van der Waals surface area contributed by atoms with Gasteiger partial charge in [-0.05, 0) is 53.9 Å². The lowest BCUT2D eigenvalue weighted by molar-refractivity contribution is -0.140. The van der Waals surface area contributed by atoms with Gasteiger partial charge in [0.2, 0.25) is 0 Å². The van der Waals surface area contributed by atoms with Crippen LogP contribution in [-0.4, -0.2) is 47.5 Å². The molecule has 1 amide bonds. The molecule has 8 heteroatoms. The number of ether oxygens (including phenoxy) is 3. The van der Waals surface area contributed by atoms with Crippen LogP contribution < -0.4 is 14.2 Å². The fraction of sp³-hybridized carbons (Fsp3) is 0.276. The van der Waals surface area contributed by atoms with E-state index in [0.717, 1.165) is 5.56 Å². The number of aliphatic hydroxyl groups excluding tert-OH is 1. The Balaban J connectivity index is 1.82. The van der Waals surface area contributed by atoms with Gasteiger partial charge in [-0.25, -0.2) is 0 Å². The van der Waals surface area contributed by atoms with E-state index in [0.29, 0.717) is 40.9 Å². The number of amides is 1. The highest BCUT2D eigenvalue weighted by molar-refractivity contribution is 6.46. The van der Waals surface area contributed by atoms with Gasteiger partial charge in [-0.1, -0.05) is 19.9 Å². The molecular weight excluding hydrogens is 472 g/mol. The average molecular weight is 503 g/mol. The van der Waals surface area contributed by atoms with E-state index in [1.54, 1.807) is 60.9 Å². The number of likely N-dealkylation sites (tertiary alicyclic amines) is 1. The normalized spacial score (nSPS) is 16.8. The molecule has 2 heterocycles. The van der Waals surface area contributed by atoms with Crippen LogP contribution in [0.25, 0.3) is 5.76 Å². The molecule has 37 heavy (non-hydrogen) atoms. The lowest BCUT2D eigenvalue weighted by Gasteiger charge is -2.26. The second kappa shape index (κ2) is 11.2. The maximum Gasteiger partial charge on any atom is 0.295 e. The van der Waals surface area contributed by atoms with Crippen LogP contribution in [0.4, 0.5) is 0 Å². The van der Waals surface area contributed by atoms with Crippen LogP contribution in [0.3, 0.4) is 0 Å². The summed E-state index contributed by atoms with van der Waals surface area (Å²) in [5, 5.41) is 11.4. The summed E-state index contributed by atoms with van der Waals surface area (Å²) in [7, 11) is 3.04. The first-order chi connectivity index (χ1) is 17.8. The number of hydrogen-bond donors (Lipinski definition) is 1. The number of hydrogen-bond acceptors (Lipinski definition) is 7. The van der Waals surface area contributed by atoms with E-state index in [1.165, 1.54) is 19.1 Å². The van der Waals surface area contributed by atoms with Crippen LogP contribution >= 0.6 is 0 Å². The van der Waals surface area contributed by atoms with Crippen molar-refractivity contribution in [2.75, 3.05) is 20.8 Å². The first kappa shape index (κ1) is 25.8. The van der Waals surface area contributed by atoms with E-state index < -0.39 is 17.7 Å². The SMILES string of the molecule is COc1ccc([C@H]2C(=C(O)c3ccc(OCC(C)C)cc3)C(=O)C(=O)N2Cc2cccnc2)c(OC)c1. The van der Waals surface area contributed by atoms with Gasteiger partial charge in [0.1, 0.15) is 23.0 Å². The number of carbonyl (C=O) groups excluding carboxylic acids is 2. The Morgan fingerprint density at radius 2 is 1.76 bits per heavy atom. The third-order valence-corrected chi connectivity index (χ3v) is 6.06. The molecule has 1 fully saturated rings. The molecule has 8 nitrogen and oxygen atoms in total. The number of carbonyl (C=O) groups is 2. The smallest absolute Gasteiger partial charge is 0.295 e. The molecule has 2 aromatic carbocycles. The Bertz CT molecular complexity index is 1300. The first-order valence-electron chi connectivity index (χ1n) is 12.0. The summed E-state index contributed by atoms with van der Waals surface area (Å²) < 4.78 is 16.7. The molecule has 0 bridgehead atoms. The molecule has 1 atom stereocenters. The zero-order valence-electron chi connectivity index (χ0n) is 21.3. The third kappa shape index (κ3) is 5.43. The van der Waals surface area contributed by atoms with Crippen molar-refractivity contribution in [3.63, 3.8) is 0 Å². The first-order valence-corrected chi connectivity index (χ1v) is 12.0. The predicted molar refractivity (Wildman–Crippen MR) is 138 cm³/mol. The van der Waals surface area contributed by atoms with Crippen molar-refractivity contribution in [2.24, 2.45) is 5.92 Å². The van der Waals surface area contributed by atoms with Gasteiger partial charge in [-0.2, -0.15) is 0 Å². The summed E-state index contributed by atoms with van der Waals surface area (Å²) >= 11 is 0. The maximum absolute atomic E-state index is 13.4. The van der Waals surface area contributed by atoms with Crippen LogP contribution in [0.5, 0.6) is 17.2 Å². The number of methoxy groups -OCH3 is 2. The zero-order chi connectivity index (χ0) is 26.5. The number of pyridine rings is 1. The molecule has 192 valence electrons. The monoisotopic (exact) mass is 502 g/mol. The van der Waals surface area contributed by atoms with Gasteiger partial charge in [0, 0.05) is 36.1 Å². The molecule has 0 unspecified atom stereocenters. The second-order valence-corrected chi connectivity index (χ2v) is 9.13. The minimum Gasteiger partial charge on any atom is -0.507 e. The van der Waals surface area contributed by atoms with Gasteiger partial charge < -0.3 is 24.2 Å². The van der Waals surface area contributed by atoms with E-state index in [-0.39, 0.29) is 17.9 Å². The third-order valence-electron chi connectivity index (χ3n) is 6.06. The predicted octanol–water partition coefficient (Wildman–Crippen LogP) is 4.76. The van der Waals surface area contributed by atoms with E-state index in [1.807, 2.05) is 6.07 Å². The summed E-state index contributed by atoms with van der Waals surface area (Å²) in [4.78, 5) is 32.2. The Kier molecular flexibility index (Phi) is 7.77. The summed E-state index contributed by atoms with van der Waals surface area (Å²) in [6, 6.07) is 14.6. The lowest BCUT2D eigenvalue weighted by Crippen LogP contribution is -2.29. The van der Waals surface area contributed by atoms with Crippen molar-refractivity contribution in [1.82, 2.24) is 9.88 Å². The highest BCUT2D eigenvalue weighted by atomic mass is 16.5. The minimum absolute atomic E-state index is 0.0202. The van der Waals surface area contributed by atoms with Gasteiger partial charge in [0.05, 0.1) is 32.4 Å². The molecule has 0 radical (unpaired) electrons. The van der Waals surface area contributed by atoms with Crippen LogP contribution in [-0.2, 0) is 16.1 Å². The highest BCUT2D eigenvalue weighted by Crippen LogP contribution is 2.44. The highest BCUT2D eigenvalue weighted by Gasteiger charge is 2.47. The van der Waals surface area contributed by atoms with Crippen LogP contribution in [0.2, 0.25) is 0 Å². The summed E-state index contributed by atoms with van der Waals surface area (Å²) in [6.45, 7) is 4.79. The number of ketones is 1. The van der Waals surface area contributed by atoms with Gasteiger partial charge >= 0.3 is 0 Å². The molecule has 1 aliphatic heterocycles. The van der Waals surface area contributed by atoms with Crippen molar-refractivity contribution in [1.29, 1.82) is 0 Å². The number of rotatable bonds is 9. The largest absolute Gasteiger partial charge is 0.507 e. The molecule has 4 rings (SSSR count). The van der Waals surface area contributed by atoms with E-state index >= 15 is 0 Å². The fourth-order valence-electron chi connectivity index (χ4n) is 4.23. The molecule has 0 aliphatic carbocycles. The van der Waals surface area contributed by atoms with Gasteiger partial charge in [-0.15, -0.1) is 0 Å². The van der Waals surface area contributed by atoms with E-state index in [9.17, 15) is 14.7 Å². The molecule has 0 saturated carbocycles. The van der Waals surface area contributed by atoms with Crippen LogP contribution in [0.15, 0.2) is 72.6 Å². The van der Waals surface area contributed by atoms with Crippen LogP contribution in [0, 0.1) is 5.92 Å². The zero-order valence-corrected chi connectivity index (χ0v) is 21.3. The van der Waals surface area contributed by atoms with E-state index in [2.05, 4.69) is 18.8 Å². The Morgan fingerprint density at radius 1 is 1.03 bits per heavy atom. The molecule has 1 aliphatic rings. The molecule has 3 aromatic rings. The summed E-state index contributed by atoms with van der Waals surface area (Å²) in [6.07, 6.45) is 3.27.